The van der Waals surface area contributed by atoms with E-state index in [1.54, 1.807) is 0 Å². The lowest BCUT2D eigenvalue weighted by atomic mass is 10.4. The summed E-state index contributed by atoms with van der Waals surface area (Å²) in [5, 5.41) is 3.66. The number of rotatable bonds is 1. The normalized spacial score (nSPS) is 21.5. The highest BCUT2D eigenvalue weighted by molar-refractivity contribution is 6.01. The quantitative estimate of drug-likeness (QED) is 0.587. The Balaban J connectivity index is 1.90. The summed E-state index contributed by atoms with van der Waals surface area (Å²) in [6, 6.07) is 0. The van der Waals surface area contributed by atoms with E-state index in [0.29, 0.717) is 31.2 Å². The van der Waals surface area contributed by atoms with E-state index in [2.05, 4.69) is 5.32 Å². The molecule has 2 fully saturated rings. The Morgan fingerprint density at radius 1 is 1.12 bits per heavy atom. The second-order valence-corrected chi connectivity index (χ2v) is 3.68. The van der Waals surface area contributed by atoms with Crippen LogP contribution in [-0.2, 0) is 14.4 Å². The van der Waals surface area contributed by atoms with Gasteiger partial charge in [0.2, 0.25) is 0 Å². The van der Waals surface area contributed by atoms with Crippen LogP contribution in [0.4, 0.5) is 4.79 Å². The molecule has 2 aliphatic rings. The summed E-state index contributed by atoms with van der Waals surface area (Å²) >= 11 is 0. The van der Waals surface area contributed by atoms with E-state index in [1.807, 2.05) is 0 Å². The van der Waals surface area contributed by atoms with Crippen molar-refractivity contribution >= 4 is 17.9 Å². The third-order valence-electron chi connectivity index (χ3n) is 2.55. The van der Waals surface area contributed by atoms with Crippen molar-refractivity contribution in [3.63, 3.8) is 0 Å². The first-order valence-corrected chi connectivity index (χ1v) is 5.22. The number of amides is 3. The number of hydrogen-bond donors (Lipinski definition) is 1. The fourth-order valence-electron chi connectivity index (χ4n) is 1.64. The lowest BCUT2D eigenvalue weighted by Gasteiger charge is -2.27. The van der Waals surface area contributed by atoms with Crippen LogP contribution >= 0.6 is 0 Å². The molecule has 0 unspecified atom stereocenters. The van der Waals surface area contributed by atoms with Gasteiger partial charge >= 0.3 is 6.09 Å². The Hall–Kier alpha value is -1.63. The number of imide groups is 1. The number of carbonyl (C=O) groups excluding carboxylic acids is 3. The Morgan fingerprint density at radius 3 is 2.25 bits per heavy atom. The molecule has 88 valence electrons. The van der Waals surface area contributed by atoms with Crippen LogP contribution in [0.5, 0.6) is 0 Å². The van der Waals surface area contributed by atoms with E-state index in [4.69, 9.17) is 4.84 Å². The van der Waals surface area contributed by atoms with Crippen molar-refractivity contribution in [3.8, 4) is 0 Å². The fourth-order valence-corrected chi connectivity index (χ4v) is 1.64. The van der Waals surface area contributed by atoms with Crippen LogP contribution in [0.3, 0.4) is 0 Å². The first-order valence-electron chi connectivity index (χ1n) is 5.22. The van der Waals surface area contributed by atoms with Crippen LogP contribution in [-0.4, -0.2) is 54.0 Å². The topological polar surface area (TPSA) is 79.0 Å². The lowest BCUT2D eigenvalue weighted by molar-refractivity contribution is -0.173. The van der Waals surface area contributed by atoms with Crippen LogP contribution in [0.25, 0.3) is 0 Å². The SMILES string of the molecule is O=C(ON1C(=O)CCC1=O)N1CCNCC1. The zero-order valence-electron chi connectivity index (χ0n) is 8.77. The number of hydrogen-bond acceptors (Lipinski definition) is 5. The number of piperazine rings is 1. The van der Waals surface area contributed by atoms with Crippen molar-refractivity contribution < 1.29 is 19.2 Å². The summed E-state index contributed by atoms with van der Waals surface area (Å²) < 4.78 is 0. The van der Waals surface area contributed by atoms with Crippen LogP contribution in [0.1, 0.15) is 12.8 Å². The number of carbonyl (C=O) groups is 3. The molecular formula is C9H13N3O4. The van der Waals surface area contributed by atoms with Gasteiger partial charge in [-0.05, 0) is 0 Å². The van der Waals surface area contributed by atoms with Crippen molar-refractivity contribution in [2.24, 2.45) is 0 Å². The summed E-state index contributed by atoms with van der Waals surface area (Å²) in [4.78, 5) is 40.2. The van der Waals surface area contributed by atoms with E-state index in [-0.39, 0.29) is 12.8 Å². The van der Waals surface area contributed by atoms with Gasteiger partial charge < -0.3 is 15.1 Å². The van der Waals surface area contributed by atoms with Gasteiger partial charge in [-0.25, -0.2) is 4.79 Å². The minimum Gasteiger partial charge on any atom is -0.313 e. The summed E-state index contributed by atoms with van der Waals surface area (Å²) in [5.74, 6) is -0.901. The van der Waals surface area contributed by atoms with E-state index >= 15 is 0 Å². The zero-order valence-corrected chi connectivity index (χ0v) is 8.77. The van der Waals surface area contributed by atoms with Gasteiger partial charge in [0, 0.05) is 39.0 Å². The largest absolute Gasteiger partial charge is 0.434 e. The van der Waals surface area contributed by atoms with Crippen molar-refractivity contribution in [2.75, 3.05) is 26.2 Å². The molecule has 7 heteroatoms. The molecule has 0 radical (unpaired) electrons. The van der Waals surface area contributed by atoms with E-state index in [9.17, 15) is 14.4 Å². The number of hydroxylamine groups is 2. The molecule has 0 atom stereocenters. The summed E-state index contributed by atoms with van der Waals surface area (Å²) in [7, 11) is 0. The average Bonchev–Trinajstić information content (AvgIpc) is 2.62. The molecule has 2 saturated heterocycles. The summed E-state index contributed by atoms with van der Waals surface area (Å²) in [6.07, 6.45) is -0.397. The second kappa shape index (κ2) is 4.48. The Labute approximate surface area is 92.3 Å². The molecule has 7 nitrogen and oxygen atoms in total. The van der Waals surface area contributed by atoms with Gasteiger partial charge in [-0.15, -0.1) is 5.06 Å². The molecule has 1 N–H and O–H groups in total. The highest BCUT2D eigenvalue weighted by Crippen LogP contribution is 2.13. The first kappa shape index (κ1) is 10.9. The highest BCUT2D eigenvalue weighted by atomic mass is 16.7. The predicted molar refractivity (Wildman–Crippen MR) is 52.0 cm³/mol. The van der Waals surface area contributed by atoms with Gasteiger partial charge in [0.15, 0.2) is 0 Å². The van der Waals surface area contributed by atoms with Gasteiger partial charge in [0.1, 0.15) is 0 Å². The molecule has 2 aliphatic heterocycles. The number of nitrogens with one attached hydrogen (secondary N) is 1. The van der Waals surface area contributed by atoms with Crippen LogP contribution in [0, 0.1) is 0 Å². The fraction of sp³-hybridized carbons (Fsp3) is 0.667. The standard InChI is InChI=1S/C9H13N3O4/c13-7-1-2-8(14)12(7)16-9(15)11-5-3-10-4-6-11/h10H,1-6H2. The Bertz CT molecular complexity index is 309. The maximum absolute atomic E-state index is 11.6. The third kappa shape index (κ3) is 2.13. The van der Waals surface area contributed by atoms with E-state index < -0.39 is 17.9 Å². The molecule has 0 aromatic heterocycles. The van der Waals surface area contributed by atoms with Gasteiger partial charge in [-0.1, -0.05) is 0 Å². The maximum atomic E-state index is 11.6. The minimum absolute atomic E-state index is 0.119. The van der Waals surface area contributed by atoms with Crippen molar-refractivity contribution in [1.29, 1.82) is 0 Å². The average molecular weight is 227 g/mol. The molecule has 16 heavy (non-hydrogen) atoms. The first-order chi connectivity index (χ1) is 7.68. The summed E-state index contributed by atoms with van der Waals surface area (Å²) in [6.45, 7) is 2.43. The third-order valence-corrected chi connectivity index (χ3v) is 2.55. The van der Waals surface area contributed by atoms with Gasteiger partial charge in [-0.3, -0.25) is 9.59 Å². The summed E-state index contributed by atoms with van der Waals surface area (Å²) in [5.41, 5.74) is 0. The van der Waals surface area contributed by atoms with Gasteiger partial charge in [0.05, 0.1) is 0 Å². The van der Waals surface area contributed by atoms with Crippen LogP contribution in [0.2, 0.25) is 0 Å². The van der Waals surface area contributed by atoms with Crippen molar-refractivity contribution in [1.82, 2.24) is 15.3 Å². The van der Waals surface area contributed by atoms with Crippen molar-refractivity contribution in [2.45, 2.75) is 12.8 Å². The molecule has 0 saturated carbocycles. The molecule has 0 bridgehead atoms. The van der Waals surface area contributed by atoms with Crippen LogP contribution < -0.4 is 5.32 Å². The van der Waals surface area contributed by atoms with E-state index in [0.717, 1.165) is 0 Å². The molecule has 2 heterocycles. The smallest absolute Gasteiger partial charge is 0.313 e. The number of nitrogens with zero attached hydrogens (tertiary/aromatic N) is 2. The zero-order chi connectivity index (χ0) is 11.5. The second-order valence-electron chi connectivity index (χ2n) is 3.68. The molecule has 0 spiro atoms. The molecular weight excluding hydrogens is 214 g/mol. The van der Waals surface area contributed by atoms with Crippen LogP contribution in [0.15, 0.2) is 0 Å². The predicted octanol–water partition coefficient (Wildman–Crippen LogP) is -0.908. The highest BCUT2D eigenvalue weighted by Gasteiger charge is 2.34. The van der Waals surface area contributed by atoms with Crippen molar-refractivity contribution in [3.05, 3.63) is 0 Å². The molecule has 0 aromatic rings. The maximum Gasteiger partial charge on any atom is 0.434 e. The minimum atomic E-state index is -0.634. The molecule has 2 rings (SSSR count). The van der Waals surface area contributed by atoms with E-state index in [1.165, 1.54) is 4.90 Å². The Kier molecular flexibility index (Phi) is 3.04. The molecule has 0 aliphatic carbocycles. The Morgan fingerprint density at radius 2 is 1.69 bits per heavy atom. The monoisotopic (exact) mass is 227 g/mol. The van der Waals surface area contributed by atoms with Gasteiger partial charge in [-0.2, -0.15) is 0 Å². The van der Waals surface area contributed by atoms with Gasteiger partial charge in [0.25, 0.3) is 11.8 Å². The molecule has 0 aromatic carbocycles. The lowest BCUT2D eigenvalue weighted by Crippen LogP contribution is -2.48. The molecule has 3 amide bonds.